The lowest BCUT2D eigenvalue weighted by Crippen LogP contribution is -2.45. The zero-order valence-electron chi connectivity index (χ0n) is 17.3. The number of nitrogens with zero attached hydrogens (tertiary/aromatic N) is 4. The smallest absolute Gasteiger partial charge is 0.266 e. The van der Waals surface area contributed by atoms with Crippen LogP contribution in [0.15, 0.2) is 39.9 Å². The molecular formula is C21H24F3N5O2. The number of aliphatic imine (C=N–C) groups is 1. The average Bonchev–Trinajstić information content (AvgIpc) is 3.13. The normalized spacial score (nSPS) is 22.0. The van der Waals surface area contributed by atoms with Gasteiger partial charge in [0.05, 0.1) is 43.0 Å². The molecule has 0 aromatic heterocycles. The lowest BCUT2D eigenvalue weighted by molar-refractivity contribution is -0.117. The third-order valence-electron chi connectivity index (χ3n) is 5.45. The van der Waals surface area contributed by atoms with Crippen LogP contribution >= 0.6 is 0 Å². The molecule has 10 heteroatoms. The van der Waals surface area contributed by atoms with Gasteiger partial charge in [-0.1, -0.05) is 18.2 Å². The van der Waals surface area contributed by atoms with E-state index in [2.05, 4.69) is 15.4 Å². The quantitative estimate of drug-likeness (QED) is 0.790. The van der Waals surface area contributed by atoms with Crippen LogP contribution in [0, 0.1) is 5.82 Å². The number of carbonyl (C=O) groups is 1. The van der Waals surface area contributed by atoms with Crippen molar-refractivity contribution in [3.63, 3.8) is 0 Å². The monoisotopic (exact) mass is 435 g/mol. The van der Waals surface area contributed by atoms with Gasteiger partial charge in [-0.15, -0.1) is 0 Å². The minimum Gasteiger partial charge on any atom is -0.378 e. The lowest BCUT2D eigenvalue weighted by atomic mass is 10.0. The second kappa shape index (κ2) is 8.70. The minimum absolute atomic E-state index is 0.00298. The molecule has 7 nitrogen and oxygen atoms in total. The minimum atomic E-state index is -2.93. The highest BCUT2D eigenvalue weighted by molar-refractivity contribution is 6.25. The van der Waals surface area contributed by atoms with E-state index in [0.717, 1.165) is 6.07 Å². The third kappa shape index (κ3) is 4.30. The first-order chi connectivity index (χ1) is 14.8. The number of halogens is 3. The van der Waals surface area contributed by atoms with Gasteiger partial charge in [-0.2, -0.15) is 5.10 Å². The van der Waals surface area contributed by atoms with Crippen LogP contribution in [-0.4, -0.2) is 66.4 Å². The molecule has 1 amide bonds. The maximum Gasteiger partial charge on any atom is 0.266 e. The summed E-state index contributed by atoms with van der Waals surface area (Å²) in [6.07, 6.45) is -1.26. The number of hydrogen-bond donors (Lipinski definition) is 1. The Morgan fingerprint density at radius 2 is 1.97 bits per heavy atom. The van der Waals surface area contributed by atoms with Crippen molar-refractivity contribution in [3.8, 4) is 0 Å². The van der Waals surface area contributed by atoms with Gasteiger partial charge in [0.25, 0.3) is 12.3 Å². The van der Waals surface area contributed by atoms with Crippen molar-refractivity contribution in [1.29, 1.82) is 0 Å². The maximum atomic E-state index is 14.5. The molecule has 0 bridgehead atoms. The fourth-order valence-corrected chi connectivity index (χ4v) is 3.83. The number of amides is 1. The summed E-state index contributed by atoms with van der Waals surface area (Å²) in [4.78, 5) is 19.7. The summed E-state index contributed by atoms with van der Waals surface area (Å²) in [6, 6.07) is 2.95. The van der Waals surface area contributed by atoms with Gasteiger partial charge in [0.2, 0.25) is 0 Å². The number of amidine groups is 2. The fourth-order valence-electron chi connectivity index (χ4n) is 3.83. The number of rotatable bonds is 4. The molecular weight excluding hydrogens is 411 g/mol. The highest BCUT2D eigenvalue weighted by Gasteiger charge is 2.34. The molecule has 0 radical (unpaired) electrons. The van der Waals surface area contributed by atoms with E-state index in [4.69, 9.17) is 4.74 Å². The number of nitrogens with one attached hydrogen (secondary N) is 1. The van der Waals surface area contributed by atoms with Crippen molar-refractivity contribution >= 4 is 17.6 Å². The van der Waals surface area contributed by atoms with E-state index in [1.807, 2.05) is 11.8 Å². The van der Waals surface area contributed by atoms with E-state index in [0.29, 0.717) is 50.1 Å². The van der Waals surface area contributed by atoms with Crippen LogP contribution in [0.25, 0.3) is 0 Å². The molecule has 0 spiro atoms. The van der Waals surface area contributed by atoms with E-state index in [-0.39, 0.29) is 11.6 Å². The summed E-state index contributed by atoms with van der Waals surface area (Å²) in [5.41, 5.74) is -0.362. The predicted octanol–water partition coefficient (Wildman–Crippen LogP) is 2.63. The first-order valence-corrected chi connectivity index (χ1v) is 10.2. The van der Waals surface area contributed by atoms with E-state index in [1.54, 1.807) is 18.0 Å². The lowest BCUT2D eigenvalue weighted by Gasteiger charge is -2.32. The molecule has 0 saturated carbocycles. The van der Waals surface area contributed by atoms with Gasteiger partial charge in [-0.3, -0.25) is 9.79 Å². The Morgan fingerprint density at radius 1 is 1.26 bits per heavy atom. The van der Waals surface area contributed by atoms with Crippen LogP contribution in [-0.2, 0) is 9.53 Å². The van der Waals surface area contributed by atoms with Crippen LogP contribution in [0.5, 0.6) is 0 Å². The van der Waals surface area contributed by atoms with Gasteiger partial charge in [-0.05, 0) is 19.9 Å². The zero-order valence-corrected chi connectivity index (χ0v) is 17.3. The second-order valence-electron chi connectivity index (χ2n) is 7.75. The number of hydrogen-bond acceptors (Lipinski definition) is 6. The number of benzene rings is 1. The summed E-state index contributed by atoms with van der Waals surface area (Å²) < 4.78 is 46.0. The summed E-state index contributed by atoms with van der Waals surface area (Å²) in [5, 5.41) is 9.05. The van der Waals surface area contributed by atoms with Gasteiger partial charge in [0.1, 0.15) is 11.7 Å². The van der Waals surface area contributed by atoms with Gasteiger partial charge in [0.15, 0.2) is 5.84 Å². The highest BCUT2D eigenvalue weighted by Crippen LogP contribution is 2.28. The summed E-state index contributed by atoms with van der Waals surface area (Å²) >= 11 is 0. The van der Waals surface area contributed by atoms with Crippen molar-refractivity contribution in [1.82, 2.24) is 15.2 Å². The topological polar surface area (TPSA) is 69.5 Å². The van der Waals surface area contributed by atoms with E-state index in [1.165, 1.54) is 12.1 Å². The van der Waals surface area contributed by atoms with Gasteiger partial charge in [-0.25, -0.2) is 18.2 Å². The Balaban J connectivity index is 1.59. The van der Waals surface area contributed by atoms with Crippen molar-refractivity contribution in [2.45, 2.75) is 32.4 Å². The first-order valence-electron chi connectivity index (χ1n) is 10.2. The van der Waals surface area contributed by atoms with Crippen LogP contribution in [0.4, 0.5) is 13.2 Å². The third-order valence-corrected chi connectivity index (χ3v) is 5.45. The van der Waals surface area contributed by atoms with Gasteiger partial charge >= 0.3 is 0 Å². The van der Waals surface area contributed by atoms with E-state index in [9.17, 15) is 18.0 Å². The van der Waals surface area contributed by atoms with Crippen LogP contribution in [0.2, 0.25) is 0 Å². The van der Waals surface area contributed by atoms with Crippen molar-refractivity contribution in [2.24, 2.45) is 10.1 Å². The molecule has 1 N–H and O–H groups in total. The SMILES string of the molecule is C[C@@H]1CN2N=C(N3CCOCC3)C=C(C(=O)N[C@H](C)c3cccc(C(F)F)c3F)C2=N1. The molecule has 0 aliphatic carbocycles. The predicted molar refractivity (Wildman–Crippen MR) is 109 cm³/mol. The molecule has 31 heavy (non-hydrogen) atoms. The van der Waals surface area contributed by atoms with Crippen molar-refractivity contribution in [3.05, 3.63) is 46.8 Å². The van der Waals surface area contributed by atoms with Gasteiger partial charge < -0.3 is 15.0 Å². The zero-order chi connectivity index (χ0) is 22.1. The number of ether oxygens (including phenoxy) is 1. The van der Waals surface area contributed by atoms with E-state index >= 15 is 0 Å². The largest absolute Gasteiger partial charge is 0.378 e. The van der Waals surface area contributed by atoms with Gasteiger partial charge in [0, 0.05) is 18.7 Å². The van der Waals surface area contributed by atoms with Crippen molar-refractivity contribution < 1.29 is 22.7 Å². The number of carbonyl (C=O) groups excluding carboxylic acids is 1. The van der Waals surface area contributed by atoms with Crippen LogP contribution in [0.1, 0.15) is 37.4 Å². The molecule has 3 heterocycles. The molecule has 166 valence electrons. The molecule has 0 unspecified atom stereocenters. The Hall–Kier alpha value is -2.88. The molecule has 1 aromatic carbocycles. The van der Waals surface area contributed by atoms with Crippen molar-refractivity contribution in [2.75, 3.05) is 32.8 Å². The Labute approximate surface area is 178 Å². The molecule has 1 aromatic rings. The number of fused-ring (bicyclic) bond motifs is 1. The van der Waals surface area contributed by atoms with Crippen LogP contribution in [0.3, 0.4) is 0 Å². The molecule has 1 fully saturated rings. The second-order valence-corrected chi connectivity index (χ2v) is 7.75. The average molecular weight is 435 g/mol. The maximum absolute atomic E-state index is 14.5. The Bertz CT molecular complexity index is 956. The number of morpholine rings is 1. The first kappa shape index (κ1) is 21.4. The number of hydrazone groups is 1. The summed E-state index contributed by atoms with van der Waals surface area (Å²) in [5.74, 6) is -0.379. The van der Waals surface area contributed by atoms with E-state index < -0.39 is 29.8 Å². The highest BCUT2D eigenvalue weighted by atomic mass is 19.3. The Kier molecular flexibility index (Phi) is 5.99. The molecule has 4 rings (SSSR count). The standard InChI is InChI=1S/C21H24F3N5O2/c1-12-11-29-20(25-12)16(10-17(27-29)28-6-8-31-9-7-28)21(30)26-13(2)14-4-3-5-15(18(14)22)19(23)24/h3-5,10,12-13,19H,6-9,11H2,1-2H3,(H,26,30)/t12-,13-/m1/s1. The number of alkyl halides is 2. The van der Waals surface area contributed by atoms with Crippen LogP contribution < -0.4 is 5.32 Å². The summed E-state index contributed by atoms with van der Waals surface area (Å²) in [6.45, 7) is 6.49. The molecule has 1 saturated heterocycles. The Morgan fingerprint density at radius 3 is 2.68 bits per heavy atom. The molecule has 2 atom stereocenters. The summed E-state index contributed by atoms with van der Waals surface area (Å²) in [7, 11) is 0. The molecule has 3 aliphatic rings. The molecule has 3 aliphatic heterocycles. The fraction of sp³-hybridized carbons (Fsp3) is 0.476.